The second-order valence-electron chi connectivity index (χ2n) is 3.71. The third-order valence-electron chi connectivity index (χ3n) is 2.38. The minimum Gasteiger partial charge on any atom is -0.381 e. The topological polar surface area (TPSA) is 41.6 Å². The number of nitrogens with one attached hydrogen (secondary N) is 1. The number of hydrogen-bond acceptors (Lipinski definition) is 3. The summed E-state index contributed by atoms with van der Waals surface area (Å²) in [5, 5.41) is 3.14. The van der Waals surface area contributed by atoms with Crippen LogP contribution in [-0.4, -0.2) is 50.2 Å². The summed E-state index contributed by atoms with van der Waals surface area (Å²) in [5.74, 6) is 0.180. The van der Waals surface area contributed by atoms with Gasteiger partial charge in [0.15, 0.2) is 0 Å². The predicted octanol–water partition coefficient (Wildman–Crippen LogP) is 1.26. The van der Waals surface area contributed by atoms with Gasteiger partial charge < -0.3 is 15.0 Å². The van der Waals surface area contributed by atoms with Crippen molar-refractivity contribution in [1.82, 2.24) is 10.2 Å². The summed E-state index contributed by atoms with van der Waals surface area (Å²) in [6.45, 7) is 10.6. The summed E-state index contributed by atoms with van der Waals surface area (Å²) in [5.41, 5.74) is 0. The highest BCUT2D eigenvalue weighted by atomic mass is 16.5. The van der Waals surface area contributed by atoms with Crippen LogP contribution in [0, 0.1) is 0 Å². The number of amides is 1. The largest absolute Gasteiger partial charge is 0.381 e. The van der Waals surface area contributed by atoms with E-state index in [9.17, 15) is 4.79 Å². The molecular formula is C12H26N2O2. The Morgan fingerprint density at radius 3 is 2.44 bits per heavy atom. The lowest BCUT2D eigenvalue weighted by atomic mass is 10.4. The van der Waals surface area contributed by atoms with Gasteiger partial charge in [-0.3, -0.25) is 4.79 Å². The zero-order valence-electron chi connectivity index (χ0n) is 10.9. The fraction of sp³-hybridized carbons (Fsp3) is 0.917. The lowest BCUT2D eigenvalue weighted by molar-refractivity contribution is -0.129. The highest BCUT2D eigenvalue weighted by molar-refractivity contribution is 5.78. The fourth-order valence-electron chi connectivity index (χ4n) is 1.43. The molecule has 0 aliphatic carbocycles. The molecule has 0 aromatic rings. The second-order valence-corrected chi connectivity index (χ2v) is 3.71. The number of likely N-dealkylation sites (N-methyl/N-ethyl adjacent to an activating group) is 1. The van der Waals surface area contributed by atoms with Crippen molar-refractivity contribution in [3.63, 3.8) is 0 Å². The van der Waals surface area contributed by atoms with Gasteiger partial charge >= 0.3 is 0 Å². The third kappa shape index (κ3) is 7.65. The molecule has 0 aliphatic heterocycles. The van der Waals surface area contributed by atoms with Crippen LogP contribution in [0.25, 0.3) is 0 Å². The van der Waals surface area contributed by atoms with Crippen molar-refractivity contribution in [2.75, 3.05) is 39.4 Å². The van der Waals surface area contributed by atoms with Gasteiger partial charge in [-0.2, -0.15) is 0 Å². The zero-order valence-corrected chi connectivity index (χ0v) is 10.9. The van der Waals surface area contributed by atoms with Gasteiger partial charge in [0, 0.05) is 26.3 Å². The Bertz CT molecular complexity index is 170. The summed E-state index contributed by atoms with van der Waals surface area (Å²) in [7, 11) is 0. The average Bonchev–Trinajstić information content (AvgIpc) is 2.29. The van der Waals surface area contributed by atoms with Crippen LogP contribution < -0.4 is 5.32 Å². The first kappa shape index (κ1) is 15.4. The van der Waals surface area contributed by atoms with Crippen molar-refractivity contribution >= 4 is 5.91 Å². The Balaban J connectivity index is 3.33. The van der Waals surface area contributed by atoms with Gasteiger partial charge in [0.1, 0.15) is 0 Å². The smallest absolute Gasteiger partial charge is 0.236 e. The van der Waals surface area contributed by atoms with Gasteiger partial charge in [-0.1, -0.05) is 6.92 Å². The van der Waals surface area contributed by atoms with E-state index in [2.05, 4.69) is 12.2 Å². The van der Waals surface area contributed by atoms with Crippen molar-refractivity contribution in [2.45, 2.75) is 33.6 Å². The number of carbonyl (C=O) groups is 1. The normalized spacial score (nSPS) is 10.4. The highest BCUT2D eigenvalue weighted by Gasteiger charge is 2.07. The molecule has 0 fully saturated rings. The molecule has 96 valence electrons. The number of nitrogens with zero attached hydrogens (tertiary/aromatic N) is 1. The molecule has 0 radical (unpaired) electrons. The van der Waals surface area contributed by atoms with Crippen molar-refractivity contribution in [3.8, 4) is 0 Å². The molecule has 0 bridgehead atoms. The Morgan fingerprint density at radius 2 is 1.88 bits per heavy atom. The van der Waals surface area contributed by atoms with Crippen LogP contribution in [0.15, 0.2) is 0 Å². The van der Waals surface area contributed by atoms with Gasteiger partial charge in [-0.15, -0.1) is 0 Å². The predicted molar refractivity (Wildman–Crippen MR) is 66.5 cm³/mol. The minimum atomic E-state index is 0.180. The van der Waals surface area contributed by atoms with Crippen LogP contribution in [0.3, 0.4) is 0 Å². The molecule has 0 rings (SSSR count). The van der Waals surface area contributed by atoms with Crippen molar-refractivity contribution < 1.29 is 9.53 Å². The molecule has 4 nitrogen and oxygen atoms in total. The summed E-state index contributed by atoms with van der Waals surface area (Å²) in [6, 6.07) is 0. The Kier molecular flexibility index (Phi) is 10.5. The first-order chi connectivity index (χ1) is 7.76. The standard InChI is InChI=1S/C12H26N2O2/c1-4-9-16-10-7-8-13-11-12(15)14(5-2)6-3/h13H,4-11H2,1-3H3. The molecule has 1 amide bonds. The molecule has 1 N–H and O–H groups in total. The highest BCUT2D eigenvalue weighted by Crippen LogP contribution is 1.88. The minimum absolute atomic E-state index is 0.180. The van der Waals surface area contributed by atoms with Gasteiger partial charge in [0.25, 0.3) is 0 Å². The molecule has 0 aliphatic rings. The maximum Gasteiger partial charge on any atom is 0.236 e. The molecule has 0 saturated heterocycles. The molecule has 0 atom stereocenters. The first-order valence-electron chi connectivity index (χ1n) is 6.32. The number of hydrogen-bond donors (Lipinski definition) is 1. The van der Waals surface area contributed by atoms with Gasteiger partial charge in [0.2, 0.25) is 5.91 Å². The lowest BCUT2D eigenvalue weighted by Crippen LogP contribution is -2.38. The Labute approximate surface area is 99.3 Å². The van der Waals surface area contributed by atoms with Gasteiger partial charge in [-0.05, 0) is 33.2 Å². The maximum absolute atomic E-state index is 11.6. The molecule has 16 heavy (non-hydrogen) atoms. The van der Waals surface area contributed by atoms with Crippen LogP contribution in [0.2, 0.25) is 0 Å². The summed E-state index contributed by atoms with van der Waals surface area (Å²) in [6.07, 6.45) is 2.03. The molecule has 0 spiro atoms. The SMILES string of the molecule is CCCOCCCNCC(=O)N(CC)CC. The first-order valence-corrected chi connectivity index (χ1v) is 6.32. The number of carbonyl (C=O) groups excluding carboxylic acids is 1. The Morgan fingerprint density at radius 1 is 1.19 bits per heavy atom. The summed E-state index contributed by atoms with van der Waals surface area (Å²) in [4.78, 5) is 13.4. The van der Waals surface area contributed by atoms with Crippen LogP contribution in [0.1, 0.15) is 33.6 Å². The summed E-state index contributed by atoms with van der Waals surface area (Å²) < 4.78 is 5.34. The van der Waals surface area contributed by atoms with Crippen LogP contribution >= 0.6 is 0 Å². The second kappa shape index (κ2) is 10.9. The van der Waals surface area contributed by atoms with Crippen LogP contribution in [0.5, 0.6) is 0 Å². The summed E-state index contributed by atoms with van der Waals surface area (Å²) >= 11 is 0. The van der Waals surface area contributed by atoms with E-state index in [1.54, 1.807) is 0 Å². The van der Waals surface area contributed by atoms with Crippen molar-refractivity contribution in [1.29, 1.82) is 0 Å². The van der Waals surface area contributed by atoms with Crippen molar-refractivity contribution in [2.24, 2.45) is 0 Å². The van der Waals surface area contributed by atoms with Crippen LogP contribution in [0.4, 0.5) is 0 Å². The molecule has 4 heteroatoms. The number of rotatable bonds is 10. The lowest BCUT2D eigenvalue weighted by Gasteiger charge is -2.18. The van der Waals surface area contributed by atoms with Crippen LogP contribution in [-0.2, 0) is 9.53 Å². The molecule has 0 heterocycles. The van der Waals surface area contributed by atoms with E-state index in [4.69, 9.17) is 4.74 Å². The molecule has 0 unspecified atom stereocenters. The number of ether oxygens (including phenoxy) is 1. The maximum atomic E-state index is 11.6. The van der Waals surface area contributed by atoms with E-state index in [-0.39, 0.29) is 5.91 Å². The van der Waals surface area contributed by atoms with E-state index in [1.165, 1.54) is 0 Å². The van der Waals surface area contributed by atoms with Crippen molar-refractivity contribution in [3.05, 3.63) is 0 Å². The Hall–Kier alpha value is -0.610. The quantitative estimate of drug-likeness (QED) is 0.575. The molecule has 0 saturated carbocycles. The molecular weight excluding hydrogens is 204 g/mol. The monoisotopic (exact) mass is 230 g/mol. The molecule has 0 aromatic carbocycles. The van der Waals surface area contributed by atoms with E-state index in [0.717, 1.165) is 45.7 Å². The van der Waals surface area contributed by atoms with Gasteiger partial charge in [-0.25, -0.2) is 0 Å². The fourth-order valence-corrected chi connectivity index (χ4v) is 1.43. The average molecular weight is 230 g/mol. The van der Waals surface area contributed by atoms with E-state index in [1.807, 2.05) is 18.7 Å². The van der Waals surface area contributed by atoms with E-state index in [0.29, 0.717) is 6.54 Å². The zero-order chi connectivity index (χ0) is 12.2. The van der Waals surface area contributed by atoms with E-state index < -0.39 is 0 Å². The molecule has 0 aromatic heterocycles. The van der Waals surface area contributed by atoms with Gasteiger partial charge in [0.05, 0.1) is 6.54 Å². The van der Waals surface area contributed by atoms with E-state index >= 15 is 0 Å². The third-order valence-corrected chi connectivity index (χ3v) is 2.38.